The summed E-state index contributed by atoms with van der Waals surface area (Å²) in [5, 5.41) is 2.77. The Labute approximate surface area is 76.5 Å². The summed E-state index contributed by atoms with van der Waals surface area (Å²) in [6.45, 7) is 2.66. The molecule has 0 aromatic rings. The fraction of sp³-hybridized carbons (Fsp3) is 1.00. The number of rotatable bonds is 6. The summed E-state index contributed by atoms with van der Waals surface area (Å²) in [4.78, 5) is 0. The predicted octanol–water partition coefficient (Wildman–Crippen LogP) is 1.95. The third-order valence-corrected chi connectivity index (χ3v) is 1.56. The fourth-order valence-corrected chi connectivity index (χ4v) is 0.984. The Hall–Kier alpha value is -0.290. The van der Waals surface area contributed by atoms with Crippen molar-refractivity contribution < 1.29 is 17.9 Å². The van der Waals surface area contributed by atoms with Crippen molar-refractivity contribution >= 4 is 0 Å². The Morgan fingerprint density at radius 2 is 2.00 bits per heavy atom. The van der Waals surface area contributed by atoms with Crippen molar-refractivity contribution in [3.05, 3.63) is 0 Å². The van der Waals surface area contributed by atoms with Crippen molar-refractivity contribution in [1.82, 2.24) is 5.32 Å². The van der Waals surface area contributed by atoms with E-state index in [4.69, 9.17) is 4.74 Å². The van der Waals surface area contributed by atoms with Gasteiger partial charge in [0.25, 0.3) is 0 Å². The largest absolute Gasteiger partial charge is 0.390 e. The molecular weight excluding hydrogens is 183 g/mol. The number of methoxy groups -OCH3 is 1. The molecule has 80 valence electrons. The van der Waals surface area contributed by atoms with Gasteiger partial charge in [0.05, 0.1) is 6.42 Å². The average Bonchev–Trinajstić information content (AvgIpc) is 1.94. The number of halogens is 3. The maximum Gasteiger partial charge on any atom is 0.390 e. The van der Waals surface area contributed by atoms with Crippen LogP contribution in [0.5, 0.6) is 0 Å². The van der Waals surface area contributed by atoms with Crippen molar-refractivity contribution in [2.24, 2.45) is 0 Å². The molecule has 0 aliphatic carbocycles. The highest BCUT2D eigenvalue weighted by atomic mass is 19.4. The lowest BCUT2D eigenvalue weighted by molar-refractivity contribution is -0.139. The summed E-state index contributed by atoms with van der Waals surface area (Å²) in [6.07, 6.45) is -4.12. The van der Waals surface area contributed by atoms with E-state index in [1.54, 1.807) is 7.11 Å². The summed E-state index contributed by atoms with van der Waals surface area (Å²) in [7, 11) is 1.57. The SMILES string of the molecule is COCCCNC(C)CC(F)(F)F. The third-order valence-electron chi connectivity index (χ3n) is 1.56. The minimum Gasteiger partial charge on any atom is -0.385 e. The number of nitrogens with one attached hydrogen (secondary N) is 1. The van der Waals surface area contributed by atoms with Crippen molar-refractivity contribution in [2.45, 2.75) is 32.0 Å². The molecule has 0 aromatic carbocycles. The highest BCUT2D eigenvalue weighted by molar-refractivity contribution is 4.65. The fourth-order valence-electron chi connectivity index (χ4n) is 0.984. The van der Waals surface area contributed by atoms with E-state index in [2.05, 4.69) is 5.32 Å². The van der Waals surface area contributed by atoms with Crippen LogP contribution in [0.2, 0.25) is 0 Å². The molecule has 13 heavy (non-hydrogen) atoms. The lowest BCUT2D eigenvalue weighted by atomic mass is 10.2. The van der Waals surface area contributed by atoms with Crippen LogP contribution >= 0.6 is 0 Å². The lowest BCUT2D eigenvalue weighted by Gasteiger charge is -2.15. The predicted molar refractivity (Wildman–Crippen MR) is 44.6 cm³/mol. The highest BCUT2D eigenvalue weighted by Gasteiger charge is 2.29. The molecule has 1 unspecified atom stereocenters. The Morgan fingerprint density at radius 1 is 1.38 bits per heavy atom. The van der Waals surface area contributed by atoms with Gasteiger partial charge in [0, 0.05) is 19.8 Å². The normalized spacial score (nSPS) is 14.5. The molecule has 5 heteroatoms. The lowest BCUT2D eigenvalue weighted by Crippen LogP contribution is -2.32. The van der Waals surface area contributed by atoms with Gasteiger partial charge in [-0.05, 0) is 19.9 Å². The van der Waals surface area contributed by atoms with Gasteiger partial charge in [-0.15, -0.1) is 0 Å². The molecule has 0 amide bonds. The number of hydrogen-bond donors (Lipinski definition) is 1. The Balaban J connectivity index is 3.35. The standard InChI is InChI=1S/C8H16F3NO/c1-7(6-8(9,10)11)12-4-3-5-13-2/h7,12H,3-6H2,1-2H3. The highest BCUT2D eigenvalue weighted by Crippen LogP contribution is 2.21. The molecule has 0 fully saturated rings. The summed E-state index contributed by atoms with van der Waals surface area (Å²) in [5.41, 5.74) is 0. The number of ether oxygens (including phenoxy) is 1. The smallest absolute Gasteiger partial charge is 0.385 e. The molecule has 0 aliphatic rings. The quantitative estimate of drug-likeness (QED) is 0.660. The molecule has 2 nitrogen and oxygen atoms in total. The summed E-state index contributed by atoms with van der Waals surface area (Å²) in [6, 6.07) is -0.517. The van der Waals surface area contributed by atoms with Gasteiger partial charge in [-0.1, -0.05) is 0 Å². The molecule has 1 atom stereocenters. The molecular formula is C8H16F3NO. The van der Waals surface area contributed by atoms with E-state index in [1.165, 1.54) is 6.92 Å². The van der Waals surface area contributed by atoms with E-state index in [0.29, 0.717) is 13.2 Å². The van der Waals surface area contributed by atoms with E-state index >= 15 is 0 Å². The van der Waals surface area contributed by atoms with Crippen molar-refractivity contribution in [2.75, 3.05) is 20.3 Å². The van der Waals surface area contributed by atoms with Gasteiger partial charge in [-0.25, -0.2) is 0 Å². The first kappa shape index (κ1) is 12.7. The van der Waals surface area contributed by atoms with Crippen LogP contribution in [0.3, 0.4) is 0 Å². The van der Waals surface area contributed by atoms with E-state index in [0.717, 1.165) is 6.42 Å². The van der Waals surface area contributed by atoms with Crippen molar-refractivity contribution in [3.63, 3.8) is 0 Å². The number of hydrogen-bond acceptors (Lipinski definition) is 2. The Morgan fingerprint density at radius 3 is 2.46 bits per heavy atom. The molecule has 0 spiro atoms. The van der Waals surface area contributed by atoms with Gasteiger partial charge >= 0.3 is 6.18 Å². The second kappa shape index (κ2) is 6.21. The second-order valence-corrected chi connectivity index (χ2v) is 3.02. The molecule has 0 aliphatic heterocycles. The van der Waals surface area contributed by atoms with Crippen LogP contribution in [0.25, 0.3) is 0 Å². The zero-order valence-corrected chi connectivity index (χ0v) is 7.95. The number of alkyl halides is 3. The Bertz CT molecular complexity index is 127. The van der Waals surface area contributed by atoms with Crippen LogP contribution in [-0.4, -0.2) is 32.5 Å². The molecule has 0 aromatic heterocycles. The van der Waals surface area contributed by atoms with Crippen LogP contribution in [0, 0.1) is 0 Å². The first-order valence-corrected chi connectivity index (χ1v) is 4.25. The van der Waals surface area contributed by atoms with Gasteiger partial charge in [0.2, 0.25) is 0 Å². The van der Waals surface area contributed by atoms with Gasteiger partial charge < -0.3 is 10.1 Å². The van der Waals surface area contributed by atoms with E-state index in [1.807, 2.05) is 0 Å². The van der Waals surface area contributed by atoms with Crippen molar-refractivity contribution in [1.29, 1.82) is 0 Å². The van der Waals surface area contributed by atoms with E-state index in [-0.39, 0.29) is 0 Å². The first-order valence-electron chi connectivity index (χ1n) is 4.25. The van der Waals surface area contributed by atoms with Gasteiger partial charge in [0.15, 0.2) is 0 Å². The molecule has 0 rings (SSSR count). The minimum absolute atomic E-state index is 0.517. The average molecular weight is 199 g/mol. The van der Waals surface area contributed by atoms with Gasteiger partial charge in [-0.2, -0.15) is 13.2 Å². The zero-order chi connectivity index (χ0) is 10.3. The topological polar surface area (TPSA) is 21.3 Å². The molecule has 0 radical (unpaired) electrons. The minimum atomic E-state index is -4.08. The molecule has 0 saturated carbocycles. The maximum atomic E-state index is 11.8. The van der Waals surface area contributed by atoms with Gasteiger partial charge in [0.1, 0.15) is 0 Å². The summed E-state index contributed by atoms with van der Waals surface area (Å²) >= 11 is 0. The van der Waals surface area contributed by atoms with Crippen LogP contribution in [0.1, 0.15) is 19.8 Å². The Kier molecular flexibility index (Phi) is 6.07. The van der Waals surface area contributed by atoms with Gasteiger partial charge in [-0.3, -0.25) is 0 Å². The second-order valence-electron chi connectivity index (χ2n) is 3.02. The molecule has 0 bridgehead atoms. The summed E-state index contributed by atoms with van der Waals surface area (Å²) in [5.74, 6) is 0. The van der Waals surface area contributed by atoms with Crippen LogP contribution in [0.4, 0.5) is 13.2 Å². The van der Waals surface area contributed by atoms with Crippen molar-refractivity contribution in [3.8, 4) is 0 Å². The monoisotopic (exact) mass is 199 g/mol. The van der Waals surface area contributed by atoms with E-state index in [9.17, 15) is 13.2 Å². The maximum absolute atomic E-state index is 11.8. The third kappa shape index (κ3) is 9.63. The molecule has 1 N–H and O–H groups in total. The first-order chi connectivity index (χ1) is 5.95. The molecule has 0 heterocycles. The van der Waals surface area contributed by atoms with E-state index < -0.39 is 18.6 Å². The molecule has 0 saturated heterocycles. The van der Waals surface area contributed by atoms with Crippen LogP contribution in [0.15, 0.2) is 0 Å². The van der Waals surface area contributed by atoms with Crippen LogP contribution in [-0.2, 0) is 4.74 Å². The summed E-state index contributed by atoms with van der Waals surface area (Å²) < 4.78 is 40.2. The zero-order valence-electron chi connectivity index (χ0n) is 7.95. The van der Waals surface area contributed by atoms with Crippen LogP contribution < -0.4 is 5.32 Å².